The van der Waals surface area contributed by atoms with Crippen LogP contribution in [-0.4, -0.2) is 25.0 Å². The second kappa shape index (κ2) is 6.91. The van der Waals surface area contributed by atoms with Gasteiger partial charge in [0.25, 0.3) is 5.56 Å². The Kier molecular flexibility index (Phi) is 5.12. The molecule has 0 aliphatic carbocycles. The van der Waals surface area contributed by atoms with E-state index in [2.05, 4.69) is 31.1 Å². The van der Waals surface area contributed by atoms with Gasteiger partial charge in [-0.3, -0.25) is 9.59 Å². The van der Waals surface area contributed by atoms with Crippen molar-refractivity contribution in [3.8, 4) is 16.9 Å². The summed E-state index contributed by atoms with van der Waals surface area (Å²) in [6, 6.07) is 7.36. The predicted molar refractivity (Wildman–Crippen MR) is 95.5 cm³/mol. The van der Waals surface area contributed by atoms with Crippen LogP contribution < -0.4 is 15.6 Å². The lowest BCUT2D eigenvalue weighted by Crippen LogP contribution is -2.21. The molecule has 5 nitrogen and oxygen atoms in total. The summed E-state index contributed by atoms with van der Waals surface area (Å²) in [5.74, 6) is 0.603. The van der Waals surface area contributed by atoms with Crippen LogP contribution in [0.4, 0.5) is 0 Å². The molecule has 0 radical (unpaired) electrons. The standard InChI is InChI=1S/C19H24N2O3/c1-19(2,3)15-11-14(13-7-6-8-21-18(13)23)12(9-16(15)24-5)10-17(22)20-4/h6-9,11H,10H2,1-5H3,(H,20,22)(H,21,23). The van der Waals surface area contributed by atoms with Gasteiger partial charge in [0, 0.05) is 24.4 Å². The van der Waals surface area contributed by atoms with Gasteiger partial charge in [-0.15, -0.1) is 0 Å². The Morgan fingerprint density at radius 3 is 2.50 bits per heavy atom. The monoisotopic (exact) mass is 328 g/mol. The predicted octanol–water partition coefficient (Wildman–Crippen LogP) is 2.64. The van der Waals surface area contributed by atoms with Crippen molar-refractivity contribution in [1.82, 2.24) is 10.3 Å². The van der Waals surface area contributed by atoms with Crippen molar-refractivity contribution in [2.24, 2.45) is 0 Å². The van der Waals surface area contributed by atoms with Gasteiger partial charge in [-0.25, -0.2) is 0 Å². The highest BCUT2D eigenvalue weighted by molar-refractivity contribution is 5.82. The molecule has 1 aromatic heterocycles. The summed E-state index contributed by atoms with van der Waals surface area (Å²) in [5.41, 5.74) is 2.71. The van der Waals surface area contributed by atoms with Crippen LogP contribution in [0.2, 0.25) is 0 Å². The van der Waals surface area contributed by atoms with Crippen molar-refractivity contribution < 1.29 is 9.53 Å². The molecule has 1 amide bonds. The second-order valence-corrected chi connectivity index (χ2v) is 6.72. The van der Waals surface area contributed by atoms with E-state index in [0.717, 1.165) is 22.4 Å². The Morgan fingerprint density at radius 1 is 1.25 bits per heavy atom. The van der Waals surface area contributed by atoms with Crippen molar-refractivity contribution in [2.45, 2.75) is 32.6 Å². The fourth-order valence-corrected chi connectivity index (χ4v) is 2.67. The van der Waals surface area contributed by atoms with Gasteiger partial charge in [0.15, 0.2) is 0 Å². The number of ether oxygens (including phenoxy) is 1. The highest BCUT2D eigenvalue weighted by atomic mass is 16.5. The fourth-order valence-electron chi connectivity index (χ4n) is 2.67. The Labute approximate surface area is 142 Å². The van der Waals surface area contributed by atoms with Gasteiger partial charge in [-0.1, -0.05) is 20.8 Å². The van der Waals surface area contributed by atoms with Crippen LogP contribution >= 0.6 is 0 Å². The number of rotatable bonds is 4. The Balaban J connectivity index is 2.75. The number of methoxy groups -OCH3 is 1. The first-order valence-electron chi connectivity index (χ1n) is 7.88. The van der Waals surface area contributed by atoms with E-state index >= 15 is 0 Å². The summed E-state index contributed by atoms with van der Waals surface area (Å²) >= 11 is 0. The third-order valence-corrected chi connectivity index (χ3v) is 3.97. The lowest BCUT2D eigenvalue weighted by Gasteiger charge is -2.24. The first kappa shape index (κ1) is 17.8. The lowest BCUT2D eigenvalue weighted by molar-refractivity contribution is -0.119. The van der Waals surface area contributed by atoms with E-state index in [0.29, 0.717) is 5.56 Å². The number of nitrogens with one attached hydrogen (secondary N) is 2. The molecule has 5 heteroatoms. The number of aromatic amines is 1. The summed E-state index contributed by atoms with van der Waals surface area (Å²) in [7, 11) is 3.21. The molecule has 0 saturated heterocycles. The van der Waals surface area contributed by atoms with Gasteiger partial charge >= 0.3 is 0 Å². The highest BCUT2D eigenvalue weighted by Crippen LogP contribution is 2.36. The Bertz CT molecular complexity index is 801. The smallest absolute Gasteiger partial charge is 0.255 e. The van der Waals surface area contributed by atoms with Gasteiger partial charge < -0.3 is 15.0 Å². The maximum atomic E-state index is 12.3. The molecule has 128 valence electrons. The molecule has 0 bridgehead atoms. The largest absolute Gasteiger partial charge is 0.496 e. The van der Waals surface area contributed by atoms with E-state index in [9.17, 15) is 9.59 Å². The van der Waals surface area contributed by atoms with E-state index in [1.807, 2.05) is 12.1 Å². The third kappa shape index (κ3) is 3.67. The minimum atomic E-state index is -0.180. The zero-order valence-electron chi connectivity index (χ0n) is 14.8. The summed E-state index contributed by atoms with van der Waals surface area (Å²) in [6.07, 6.45) is 1.78. The average Bonchev–Trinajstić information content (AvgIpc) is 2.54. The maximum Gasteiger partial charge on any atom is 0.255 e. The number of H-pyrrole nitrogens is 1. The van der Waals surface area contributed by atoms with Crippen molar-refractivity contribution in [3.63, 3.8) is 0 Å². The van der Waals surface area contributed by atoms with Gasteiger partial charge in [0.1, 0.15) is 5.75 Å². The van der Waals surface area contributed by atoms with Crippen LogP contribution in [0.5, 0.6) is 5.75 Å². The van der Waals surface area contributed by atoms with Gasteiger partial charge in [-0.05, 0) is 40.8 Å². The molecule has 0 spiro atoms. The molecule has 2 rings (SSSR count). The van der Waals surface area contributed by atoms with Crippen LogP contribution in [0.25, 0.3) is 11.1 Å². The molecule has 0 aliphatic heterocycles. The van der Waals surface area contributed by atoms with Crippen LogP contribution in [0.15, 0.2) is 35.3 Å². The van der Waals surface area contributed by atoms with Crippen LogP contribution in [0.3, 0.4) is 0 Å². The SMILES string of the molecule is CNC(=O)Cc1cc(OC)c(C(C)(C)C)cc1-c1ccc[nH]c1=O. The highest BCUT2D eigenvalue weighted by Gasteiger charge is 2.23. The maximum absolute atomic E-state index is 12.3. The summed E-state index contributed by atoms with van der Waals surface area (Å²) in [5, 5.41) is 2.62. The number of likely N-dealkylation sites (N-methyl/N-ethyl adjacent to an activating group) is 1. The van der Waals surface area contributed by atoms with E-state index in [1.165, 1.54) is 0 Å². The number of pyridine rings is 1. The minimum Gasteiger partial charge on any atom is -0.496 e. The Hall–Kier alpha value is -2.56. The first-order chi connectivity index (χ1) is 11.3. The van der Waals surface area contributed by atoms with Crippen molar-refractivity contribution in [2.75, 3.05) is 14.2 Å². The number of amides is 1. The number of aromatic nitrogens is 1. The average molecular weight is 328 g/mol. The number of benzene rings is 1. The van der Waals surface area contributed by atoms with Crippen molar-refractivity contribution in [1.29, 1.82) is 0 Å². The molecular weight excluding hydrogens is 304 g/mol. The summed E-state index contributed by atoms with van der Waals surface area (Å²) in [6.45, 7) is 6.26. The molecule has 0 aliphatic rings. The number of carbonyl (C=O) groups excluding carboxylic acids is 1. The number of hydrogen-bond donors (Lipinski definition) is 2. The van der Waals surface area contributed by atoms with E-state index < -0.39 is 0 Å². The molecule has 24 heavy (non-hydrogen) atoms. The molecule has 1 heterocycles. The topological polar surface area (TPSA) is 71.2 Å². The van der Waals surface area contributed by atoms with Crippen LogP contribution in [-0.2, 0) is 16.6 Å². The van der Waals surface area contributed by atoms with Gasteiger partial charge in [0.2, 0.25) is 5.91 Å². The summed E-state index contributed by atoms with van der Waals surface area (Å²) < 4.78 is 5.53. The van der Waals surface area contributed by atoms with E-state index in [1.54, 1.807) is 32.5 Å². The molecule has 1 aromatic carbocycles. The fraction of sp³-hybridized carbons (Fsp3) is 0.368. The molecule has 0 fully saturated rings. The quantitative estimate of drug-likeness (QED) is 0.906. The van der Waals surface area contributed by atoms with Crippen molar-refractivity contribution >= 4 is 5.91 Å². The van der Waals surface area contributed by atoms with E-state index in [4.69, 9.17) is 4.74 Å². The van der Waals surface area contributed by atoms with Crippen LogP contribution in [0, 0.1) is 0 Å². The third-order valence-electron chi connectivity index (χ3n) is 3.97. The van der Waals surface area contributed by atoms with E-state index in [-0.39, 0.29) is 23.3 Å². The second-order valence-electron chi connectivity index (χ2n) is 6.72. The van der Waals surface area contributed by atoms with Crippen LogP contribution in [0.1, 0.15) is 31.9 Å². The first-order valence-corrected chi connectivity index (χ1v) is 7.88. The zero-order chi connectivity index (χ0) is 17.9. The lowest BCUT2D eigenvalue weighted by atomic mass is 9.83. The van der Waals surface area contributed by atoms with Gasteiger partial charge in [0.05, 0.1) is 13.5 Å². The molecule has 2 N–H and O–H groups in total. The Morgan fingerprint density at radius 2 is 1.96 bits per heavy atom. The van der Waals surface area contributed by atoms with Crippen molar-refractivity contribution in [3.05, 3.63) is 51.9 Å². The molecule has 2 aromatic rings. The molecule has 0 atom stereocenters. The number of carbonyl (C=O) groups is 1. The minimum absolute atomic E-state index is 0.117. The molecule has 0 unspecified atom stereocenters. The van der Waals surface area contributed by atoms with Gasteiger partial charge in [-0.2, -0.15) is 0 Å². The summed E-state index contributed by atoms with van der Waals surface area (Å²) in [4.78, 5) is 26.8. The molecule has 0 saturated carbocycles. The number of hydrogen-bond acceptors (Lipinski definition) is 3. The normalized spacial score (nSPS) is 11.2. The zero-order valence-corrected chi connectivity index (χ0v) is 14.8. The molecular formula is C19H24N2O3.